The second kappa shape index (κ2) is 8.78. The molecule has 0 unspecified atom stereocenters. The zero-order valence-electron chi connectivity index (χ0n) is 14.2. The van der Waals surface area contributed by atoms with E-state index in [0.29, 0.717) is 18.1 Å². The number of nitrogens with one attached hydrogen (secondary N) is 1. The summed E-state index contributed by atoms with van der Waals surface area (Å²) in [6, 6.07) is 21.8. The summed E-state index contributed by atoms with van der Waals surface area (Å²) in [6.07, 6.45) is 1.53. The van der Waals surface area contributed by atoms with E-state index >= 15 is 0 Å². The van der Waals surface area contributed by atoms with Crippen molar-refractivity contribution in [2.75, 3.05) is 6.61 Å². The topological polar surface area (TPSA) is 71.5 Å². The third-order valence-corrected chi connectivity index (χ3v) is 3.92. The normalized spacial score (nSPS) is 11.6. The molecular weight excluding hydrogens is 328 g/mol. The number of amides is 1. The quantitative estimate of drug-likeness (QED) is 0.688. The SMILES string of the molecule is O=C(N[C@H](CO)c1ccccc1)c1ccnc(OCc2ccccc2)c1. The number of nitrogens with zero attached hydrogens (tertiary/aromatic N) is 1. The fourth-order valence-electron chi connectivity index (χ4n) is 2.52. The van der Waals surface area contributed by atoms with E-state index in [9.17, 15) is 9.90 Å². The van der Waals surface area contributed by atoms with Crippen LogP contribution in [0.2, 0.25) is 0 Å². The van der Waals surface area contributed by atoms with Crippen molar-refractivity contribution in [3.8, 4) is 5.88 Å². The summed E-state index contributed by atoms with van der Waals surface area (Å²) in [5.74, 6) is 0.0848. The Balaban J connectivity index is 1.66. The van der Waals surface area contributed by atoms with Crippen LogP contribution in [0.1, 0.15) is 27.5 Å². The highest BCUT2D eigenvalue weighted by atomic mass is 16.5. The largest absolute Gasteiger partial charge is 0.473 e. The lowest BCUT2D eigenvalue weighted by Crippen LogP contribution is -2.30. The first kappa shape index (κ1) is 17.6. The Kier molecular flexibility index (Phi) is 5.96. The first-order valence-corrected chi connectivity index (χ1v) is 8.35. The zero-order valence-corrected chi connectivity index (χ0v) is 14.2. The Morgan fingerprint density at radius 3 is 2.42 bits per heavy atom. The van der Waals surface area contributed by atoms with Gasteiger partial charge in [-0.3, -0.25) is 4.79 Å². The molecule has 0 aliphatic heterocycles. The average molecular weight is 348 g/mol. The smallest absolute Gasteiger partial charge is 0.252 e. The Morgan fingerprint density at radius 2 is 1.73 bits per heavy atom. The molecule has 1 atom stereocenters. The van der Waals surface area contributed by atoms with Crippen molar-refractivity contribution in [2.24, 2.45) is 0 Å². The summed E-state index contributed by atoms with van der Waals surface area (Å²) < 4.78 is 5.66. The molecular formula is C21H20N2O3. The minimum atomic E-state index is -0.467. The molecule has 5 heteroatoms. The summed E-state index contributed by atoms with van der Waals surface area (Å²) in [7, 11) is 0. The summed E-state index contributed by atoms with van der Waals surface area (Å²) in [4.78, 5) is 16.7. The molecule has 2 N–H and O–H groups in total. The molecule has 0 saturated carbocycles. The third kappa shape index (κ3) is 4.68. The third-order valence-electron chi connectivity index (χ3n) is 3.92. The molecule has 3 rings (SSSR count). The van der Waals surface area contributed by atoms with Crippen LogP contribution >= 0.6 is 0 Å². The van der Waals surface area contributed by atoms with E-state index in [1.165, 1.54) is 6.20 Å². The lowest BCUT2D eigenvalue weighted by atomic mass is 10.1. The van der Waals surface area contributed by atoms with Crippen LogP contribution in [-0.2, 0) is 6.61 Å². The van der Waals surface area contributed by atoms with E-state index in [4.69, 9.17) is 4.74 Å². The lowest BCUT2D eigenvalue weighted by Gasteiger charge is -2.17. The number of hydrogen-bond donors (Lipinski definition) is 2. The maximum absolute atomic E-state index is 12.5. The van der Waals surface area contributed by atoms with Crippen LogP contribution in [0.15, 0.2) is 79.0 Å². The Morgan fingerprint density at radius 1 is 1.04 bits per heavy atom. The minimum Gasteiger partial charge on any atom is -0.473 e. The van der Waals surface area contributed by atoms with Crippen molar-refractivity contribution in [1.29, 1.82) is 0 Å². The molecule has 0 aliphatic carbocycles. The molecule has 1 aromatic heterocycles. The number of aromatic nitrogens is 1. The van der Waals surface area contributed by atoms with Crippen LogP contribution in [0.4, 0.5) is 0 Å². The standard InChI is InChI=1S/C21H20N2O3/c24-14-19(17-9-5-2-6-10-17)23-21(25)18-11-12-22-20(13-18)26-15-16-7-3-1-4-8-16/h1-13,19,24H,14-15H2,(H,23,25)/t19-/m1/s1. The van der Waals surface area contributed by atoms with Crippen molar-refractivity contribution in [1.82, 2.24) is 10.3 Å². The number of aliphatic hydroxyl groups is 1. The van der Waals surface area contributed by atoms with E-state index in [1.54, 1.807) is 12.1 Å². The van der Waals surface area contributed by atoms with Gasteiger partial charge in [0.25, 0.3) is 5.91 Å². The highest BCUT2D eigenvalue weighted by Gasteiger charge is 2.15. The van der Waals surface area contributed by atoms with Gasteiger partial charge in [0, 0.05) is 17.8 Å². The number of hydrogen-bond acceptors (Lipinski definition) is 4. The van der Waals surface area contributed by atoms with Gasteiger partial charge in [0.05, 0.1) is 12.6 Å². The van der Waals surface area contributed by atoms with Gasteiger partial charge >= 0.3 is 0 Å². The minimum absolute atomic E-state index is 0.182. The van der Waals surface area contributed by atoms with Gasteiger partial charge in [-0.05, 0) is 17.2 Å². The summed E-state index contributed by atoms with van der Waals surface area (Å²) in [5.41, 5.74) is 2.30. The van der Waals surface area contributed by atoms with Crippen molar-refractivity contribution in [3.63, 3.8) is 0 Å². The molecule has 0 fully saturated rings. The van der Waals surface area contributed by atoms with Crippen molar-refractivity contribution < 1.29 is 14.6 Å². The number of pyridine rings is 1. The molecule has 5 nitrogen and oxygen atoms in total. The predicted octanol–water partition coefficient (Wildman–Crippen LogP) is 3.12. The number of rotatable bonds is 7. The summed E-state index contributed by atoms with van der Waals surface area (Å²) in [5, 5.41) is 12.4. The van der Waals surface area contributed by atoms with Crippen molar-refractivity contribution in [3.05, 3.63) is 95.7 Å². The van der Waals surface area contributed by atoms with Crippen molar-refractivity contribution >= 4 is 5.91 Å². The first-order chi connectivity index (χ1) is 12.8. The molecule has 0 aliphatic rings. The molecule has 0 bridgehead atoms. The maximum Gasteiger partial charge on any atom is 0.252 e. The maximum atomic E-state index is 12.5. The monoisotopic (exact) mass is 348 g/mol. The molecule has 0 spiro atoms. The second-order valence-electron chi connectivity index (χ2n) is 5.78. The van der Waals surface area contributed by atoms with Gasteiger partial charge in [-0.25, -0.2) is 4.98 Å². The van der Waals surface area contributed by atoms with E-state index in [-0.39, 0.29) is 12.5 Å². The van der Waals surface area contributed by atoms with Gasteiger partial charge < -0.3 is 15.2 Å². The number of ether oxygens (including phenoxy) is 1. The second-order valence-corrected chi connectivity index (χ2v) is 5.78. The van der Waals surface area contributed by atoms with Crippen LogP contribution in [-0.4, -0.2) is 22.6 Å². The van der Waals surface area contributed by atoms with Gasteiger partial charge in [0.15, 0.2) is 0 Å². The van der Waals surface area contributed by atoms with Gasteiger partial charge in [-0.1, -0.05) is 60.7 Å². The molecule has 132 valence electrons. The fourth-order valence-corrected chi connectivity index (χ4v) is 2.52. The molecule has 26 heavy (non-hydrogen) atoms. The van der Waals surface area contributed by atoms with Gasteiger partial charge in [0.1, 0.15) is 6.61 Å². The van der Waals surface area contributed by atoms with E-state index in [2.05, 4.69) is 10.3 Å². The molecule has 3 aromatic rings. The van der Waals surface area contributed by atoms with Crippen LogP contribution in [0.25, 0.3) is 0 Å². The van der Waals surface area contributed by atoms with Gasteiger partial charge in [-0.15, -0.1) is 0 Å². The molecule has 0 saturated heterocycles. The summed E-state index contributed by atoms with van der Waals surface area (Å²) in [6.45, 7) is 0.195. The van der Waals surface area contributed by atoms with Gasteiger partial charge in [0.2, 0.25) is 5.88 Å². The van der Waals surface area contributed by atoms with E-state index in [0.717, 1.165) is 11.1 Å². The highest BCUT2D eigenvalue weighted by Crippen LogP contribution is 2.15. The molecule has 0 radical (unpaired) electrons. The lowest BCUT2D eigenvalue weighted by molar-refractivity contribution is 0.0915. The molecule has 1 heterocycles. The van der Waals surface area contributed by atoms with Gasteiger partial charge in [-0.2, -0.15) is 0 Å². The van der Waals surface area contributed by atoms with Crippen LogP contribution in [0.5, 0.6) is 5.88 Å². The van der Waals surface area contributed by atoms with E-state index in [1.807, 2.05) is 60.7 Å². The number of benzene rings is 2. The predicted molar refractivity (Wildman–Crippen MR) is 98.7 cm³/mol. The Bertz CT molecular complexity index is 838. The molecule has 1 amide bonds. The first-order valence-electron chi connectivity index (χ1n) is 8.35. The summed E-state index contributed by atoms with van der Waals surface area (Å²) >= 11 is 0. The zero-order chi connectivity index (χ0) is 18.2. The molecule has 2 aromatic carbocycles. The van der Waals surface area contributed by atoms with Crippen LogP contribution in [0, 0.1) is 0 Å². The van der Waals surface area contributed by atoms with E-state index < -0.39 is 6.04 Å². The van der Waals surface area contributed by atoms with Crippen LogP contribution < -0.4 is 10.1 Å². The highest BCUT2D eigenvalue weighted by molar-refractivity contribution is 5.94. The van der Waals surface area contributed by atoms with Crippen molar-refractivity contribution in [2.45, 2.75) is 12.6 Å². The average Bonchev–Trinajstić information content (AvgIpc) is 2.72. The number of carbonyl (C=O) groups is 1. The van der Waals surface area contributed by atoms with Crippen LogP contribution in [0.3, 0.4) is 0 Å². The number of carbonyl (C=O) groups excluding carboxylic acids is 1. The number of aliphatic hydroxyl groups excluding tert-OH is 1. The Hall–Kier alpha value is -3.18. The Labute approximate surface area is 152 Å². The fraction of sp³-hybridized carbons (Fsp3) is 0.143.